The highest BCUT2D eigenvalue weighted by atomic mass is 31.2. The molecule has 606 valence electrons. The Labute approximate surface area is 651 Å². The minimum absolute atomic E-state index is 0.00746. The van der Waals surface area contributed by atoms with Crippen LogP contribution in [0.25, 0.3) is 0 Å². The van der Waals surface area contributed by atoms with Gasteiger partial charge in [-0.2, -0.15) is 0 Å². The number of unbranched alkanes of at least 4 members (excludes halogenated alkanes) is 10. The van der Waals surface area contributed by atoms with Crippen molar-refractivity contribution >= 4 is 39.5 Å². The summed E-state index contributed by atoms with van der Waals surface area (Å²) in [5.74, 6) is -2.45. The summed E-state index contributed by atoms with van der Waals surface area (Å²) in [5.41, 5.74) is 0. The Morgan fingerprint density at radius 2 is 0.509 bits per heavy atom. The lowest BCUT2D eigenvalue weighted by Crippen LogP contribution is -2.30. The minimum atomic E-state index is -5.03. The summed E-state index contributed by atoms with van der Waals surface area (Å²) in [6.07, 6.45) is 99.5. The van der Waals surface area contributed by atoms with Crippen molar-refractivity contribution in [2.45, 2.75) is 277 Å². The molecule has 0 aromatic carbocycles. The molecule has 0 aromatic heterocycles. The van der Waals surface area contributed by atoms with Gasteiger partial charge >= 0.3 is 39.5 Å². The predicted octanol–water partition coefficient (Wildman–Crippen LogP) is 23.7. The summed E-state index contributed by atoms with van der Waals surface area (Å²) >= 11 is 0. The number of hydrogen-bond acceptors (Lipinski definition) is 15. The standard InChI is InChI=1S/C89H138O17P2/c1-5-9-13-17-21-25-29-33-37-40-41-44-47-50-54-58-62-66-70-74-87(92)100-79-84(105-88(93)75-71-67-63-59-55-51-45-36-32-28-24-20-16-12-8-4)81-103-107(95,96)101-77-83(90)78-102-108(97,98)104-82-85(106-89(94)76-72-68-64-60-56-52-48-43-39-35-31-27-23-19-15-11-7-3)80-99-86(91)73-69-65-61-57-53-49-46-42-38-34-30-26-22-18-14-10-6-2/h9-11,13-15,21-28,33-39,41,44-46,48-50,52,54,57,60-62,64,66,83-85,90H,5-8,12,16-20,29-32,40,42-43,47,51,53,55-56,58-59,63,65,67-82H2,1-4H3,(H,95,96)(H,97,98)/b13-9-,14-10-,15-11-,25-21-,26-22-,27-23-,28-24-,37-33-,38-34-,39-35-,44-41-,45-36-,49-46-,52-48-,54-50-,61-57-,64-60-,66-62-. The maximum atomic E-state index is 13.1. The summed E-state index contributed by atoms with van der Waals surface area (Å²) in [5, 5.41) is 10.6. The Morgan fingerprint density at radius 3 is 0.833 bits per heavy atom. The number of allylic oxidation sites excluding steroid dienone is 36. The van der Waals surface area contributed by atoms with Crippen LogP contribution < -0.4 is 0 Å². The Kier molecular flexibility index (Phi) is 73.7. The molecule has 0 heterocycles. The second-order valence-electron chi connectivity index (χ2n) is 25.5. The predicted molar refractivity (Wildman–Crippen MR) is 445 cm³/mol. The molecule has 108 heavy (non-hydrogen) atoms. The molecule has 0 fully saturated rings. The third kappa shape index (κ3) is 77.5. The van der Waals surface area contributed by atoms with Crippen LogP contribution in [-0.2, 0) is 65.4 Å². The zero-order chi connectivity index (χ0) is 78.9. The molecule has 0 bridgehead atoms. The normalized spacial score (nSPS) is 15.0. The molecule has 0 rings (SSSR count). The van der Waals surface area contributed by atoms with E-state index in [1.165, 1.54) is 19.3 Å². The van der Waals surface area contributed by atoms with Crippen LogP contribution in [0.3, 0.4) is 0 Å². The van der Waals surface area contributed by atoms with Gasteiger partial charge in [0.05, 0.1) is 26.4 Å². The molecule has 0 saturated heterocycles. The number of phosphoric ester groups is 2. The highest BCUT2D eigenvalue weighted by molar-refractivity contribution is 7.47. The quantitative estimate of drug-likeness (QED) is 0.0169. The first-order valence-corrected chi connectivity index (χ1v) is 43.0. The molecule has 5 unspecified atom stereocenters. The number of hydrogen-bond donors (Lipinski definition) is 3. The average Bonchev–Trinajstić information content (AvgIpc) is 0.901. The van der Waals surface area contributed by atoms with Gasteiger partial charge in [0.15, 0.2) is 12.2 Å². The Hall–Kier alpha value is -6.62. The largest absolute Gasteiger partial charge is 0.472 e. The number of esters is 4. The lowest BCUT2D eigenvalue weighted by molar-refractivity contribution is -0.161. The SMILES string of the molecule is CC/C=C\C/C=C\C/C=C\C/C=C\C/C=C\C/C=C\CCC(=O)OCC(COP(=O)(O)OCC(O)COP(=O)(O)OCC(COC(=O)CCC/C=C\C/C=C\C/C=C\C/C=C\C/C=C\CC)OC(=O)CCC/C=C\C/C=C\C/C=C\C/C=C\C/C=C\CC)OC(=O)CCCCCCC/C=C\C/C=C\CCCCC. The number of carbonyl (C=O) groups is 4. The highest BCUT2D eigenvalue weighted by Gasteiger charge is 2.30. The van der Waals surface area contributed by atoms with Crippen molar-refractivity contribution < 1.29 is 80.2 Å². The fourth-order valence-corrected chi connectivity index (χ4v) is 11.0. The summed E-state index contributed by atoms with van der Waals surface area (Å²) in [6.45, 7) is 4.23. The number of ether oxygens (including phenoxy) is 4. The second kappa shape index (κ2) is 78.5. The first-order chi connectivity index (χ1) is 52.7. The Balaban J connectivity index is 5.58. The molecule has 17 nitrogen and oxygen atoms in total. The van der Waals surface area contributed by atoms with E-state index in [4.69, 9.17) is 37.0 Å². The van der Waals surface area contributed by atoms with Crippen molar-refractivity contribution in [1.29, 1.82) is 0 Å². The van der Waals surface area contributed by atoms with Crippen molar-refractivity contribution in [3.63, 3.8) is 0 Å². The van der Waals surface area contributed by atoms with E-state index in [2.05, 4.69) is 204 Å². The molecular formula is C89H138O17P2. The average molecular weight is 1540 g/mol. The minimum Gasteiger partial charge on any atom is -0.462 e. The molecule has 0 aromatic rings. The van der Waals surface area contributed by atoms with Crippen molar-refractivity contribution in [3.8, 4) is 0 Å². The molecule has 0 aliphatic rings. The van der Waals surface area contributed by atoms with Crippen molar-refractivity contribution in [2.24, 2.45) is 0 Å². The van der Waals surface area contributed by atoms with Gasteiger partial charge in [-0.25, -0.2) is 9.13 Å². The van der Waals surface area contributed by atoms with E-state index in [0.717, 1.165) is 141 Å². The molecule has 3 N–H and O–H groups in total. The smallest absolute Gasteiger partial charge is 0.462 e. The van der Waals surface area contributed by atoms with Crippen LogP contribution in [0.4, 0.5) is 0 Å². The molecule has 0 saturated carbocycles. The molecule has 0 amide bonds. The van der Waals surface area contributed by atoms with Gasteiger partial charge in [0.1, 0.15) is 19.3 Å². The molecule has 0 spiro atoms. The van der Waals surface area contributed by atoms with E-state index in [-0.39, 0.29) is 25.7 Å². The van der Waals surface area contributed by atoms with Crippen LogP contribution >= 0.6 is 15.6 Å². The van der Waals surface area contributed by atoms with Gasteiger partial charge in [0.2, 0.25) is 0 Å². The van der Waals surface area contributed by atoms with E-state index in [9.17, 15) is 43.2 Å². The van der Waals surface area contributed by atoms with Crippen LogP contribution in [0.5, 0.6) is 0 Å². The topological polar surface area (TPSA) is 237 Å². The van der Waals surface area contributed by atoms with Gasteiger partial charge in [0.25, 0.3) is 0 Å². The van der Waals surface area contributed by atoms with Crippen molar-refractivity contribution in [1.82, 2.24) is 0 Å². The number of aliphatic hydroxyl groups excluding tert-OH is 1. The molecule has 19 heteroatoms. The van der Waals surface area contributed by atoms with Gasteiger partial charge in [-0.15, -0.1) is 0 Å². The number of rotatable bonds is 72. The fourth-order valence-electron chi connectivity index (χ4n) is 9.46. The summed E-state index contributed by atoms with van der Waals surface area (Å²) in [6, 6.07) is 0. The monoisotopic (exact) mass is 1540 g/mol. The maximum absolute atomic E-state index is 13.1. The third-order valence-corrected chi connectivity index (χ3v) is 17.3. The van der Waals surface area contributed by atoms with Crippen LogP contribution in [0, 0.1) is 0 Å². The highest BCUT2D eigenvalue weighted by Crippen LogP contribution is 2.45. The summed E-state index contributed by atoms with van der Waals surface area (Å²) in [7, 11) is -10.0. The number of phosphoric acid groups is 2. The number of carbonyl (C=O) groups excluding carboxylic acids is 4. The molecule has 5 atom stereocenters. The summed E-state index contributed by atoms with van der Waals surface area (Å²) < 4.78 is 68.4. The lowest BCUT2D eigenvalue weighted by Gasteiger charge is -2.21. The second-order valence-corrected chi connectivity index (χ2v) is 28.4. The van der Waals surface area contributed by atoms with Crippen LogP contribution in [-0.4, -0.2) is 96.7 Å². The maximum Gasteiger partial charge on any atom is 0.472 e. The molecule has 0 aliphatic heterocycles. The van der Waals surface area contributed by atoms with Crippen LogP contribution in [0.15, 0.2) is 219 Å². The number of aliphatic hydroxyl groups is 1. The third-order valence-electron chi connectivity index (χ3n) is 15.4. The summed E-state index contributed by atoms with van der Waals surface area (Å²) in [4.78, 5) is 73.0. The van der Waals surface area contributed by atoms with Gasteiger partial charge in [-0.1, -0.05) is 279 Å². The van der Waals surface area contributed by atoms with Gasteiger partial charge in [-0.3, -0.25) is 37.3 Å². The van der Waals surface area contributed by atoms with Gasteiger partial charge < -0.3 is 33.8 Å². The van der Waals surface area contributed by atoms with Gasteiger partial charge in [0, 0.05) is 25.7 Å². The zero-order valence-corrected chi connectivity index (χ0v) is 68.0. The molecule has 0 aliphatic carbocycles. The van der Waals surface area contributed by atoms with Crippen LogP contribution in [0.2, 0.25) is 0 Å². The van der Waals surface area contributed by atoms with E-state index in [0.29, 0.717) is 44.9 Å². The van der Waals surface area contributed by atoms with Crippen molar-refractivity contribution in [3.05, 3.63) is 219 Å². The lowest BCUT2D eigenvalue weighted by atomic mass is 10.1. The first kappa shape index (κ1) is 101. The first-order valence-electron chi connectivity index (χ1n) is 40.0. The van der Waals surface area contributed by atoms with Gasteiger partial charge in [-0.05, 0) is 173 Å². The fraction of sp³-hybridized carbons (Fsp3) is 0.551. The van der Waals surface area contributed by atoms with E-state index < -0.39 is 97.5 Å². The van der Waals surface area contributed by atoms with E-state index >= 15 is 0 Å². The van der Waals surface area contributed by atoms with Crippen molar-refractivity contribution in [2.75, 3.05) is 39.6 Å². The zero-order valence-electron chi connectivity index (χ0n) is 66.2. The van der Waals surface area contributed by atoms with E-state index in [1.807, 2.05) is 42.5 Å². The van der Waals surface area contributed by atoms with Crippen LogP contribution in [0.1, 0.15) is 259 Å². The Morgan fingerprint density at radius 1 is 0.269 bits per heavy atom. The Bertz CT molecular complexity index is 2910. The molecule has 0 radical (unpaired) electrons. The van der Waals surface area contributed by atoms with E-state index in [1.54, 1.807) is 0 Å². The molecular weight excluding hydrogens is 1400 g/mol.